The maximum absolute atomic E-state index is 12.5. The molecule has 2 aromatic rings. The molecule has 4 nitrogen and oxygen atoms in total. The van der Waals surface area contributed by atoms with Gasteiger partial charge in [0.15, 0.2) is 5.11 Å². The van der Waals surface area contributed by atoms with E-state index in [1.54, 1.807) is 7.05 Å². The lowest BCUT2D eigenvalue weighted by atomic mass is 10.1. The van der Waals surface area contributed by atoms with E-state index < -0.39 is 0 Å². The molecule has 1 unspecified atom stereocenters. The van der Waals surface area contributed by atoms with Crippen LogP contribution in [0.4, 0.5) is 0 Å². The summed E-state index contributed by atoms with van der Waals surface area (Å²) in [4.78, 5) is 13.5. The van der Waals surface area contributed by atoms with E-state index in [0.717, 1.165) is 10.5 Å². The predicted octanol–water partition coefficient (Wildman–Crippen LogP) is 2.65. The van der Waals surface area contributed by atoms with Crippen LogP contribution in [0.5, 0.6) is 0 Å². The van der Waals surface area contributed by atoms with Crippen LogP contribution in [0.3, 0.4) is 0 Å². The normalized spacial score (nSPS) is 11.3. The van der Waals surface area contributed by atoms with Gasteiger partial charge in [0.25, 0.3) is 5.91 Å². The monoisotopic (exact) mass is 331 g/mol. The number of hydrazine groups is 1. The number of carbonyl (C=O) groups excluding carboxylic acids is 1. The minimum Gasteiger partial charge on any atom is -0.364 e. The second kappa shape index (κ2) is 8.41. The molecule has 0 aliphatic heterocycles. The number of nitrogens with one attached hydrogen (secondary N) is 3. The van der Waals surface area contributed by atoms with Gasteiger partial charge in [-0.1, -0.05) is 48.5 Å². The molecule has 6 heteroatoms. The summed E-state index contributed by atoms with van der Waals surface area (Å²) in [6.45, 7) is 0. The Balaban J connectivity index is 2.15. The van der Waals surface area contributed by atoms with E-state index >= 15 is 0 Å². The highest BCUT2D eigenvalue weighted by atomic mass is 32.2. The lowest BCUT2D eigenvalue weighted by Crippen LogP contribution is -2.46. The number of hydrogen-bond acceptors (Lipinski definition) is 3. The third-order valence-corrected chi connectivity index (χ3v) is 4.44. The van der Waals surface area contributed by atoms with Crippen LogP contribution in [0.2, 0.25) is 0 Å². The van der Waals surface area contributed by atoms with Gasteiger partial charge in [-0.25, -0.2) is 0 Å². The molecule has 0 spiro atoms. The quantitative estimate of drug-likeness (QED) is 0.457. The summed E-state index contributed by atoms with van der Waals surface area (Å²) in [5.41, 5.74) is 6.25. The molecule has 0 bridgehead atoms. The Morgan fingerprint density at radius 1 is 1.00 bits per heavy atom. The van der Waals surface area contributed by atoms with Crippen molar-refractivity contribution in [3.05, 3.63) is 66.2 Å². The molecule has 0 aliphatic carbocycles. The molecule has 1 atom stereocenters. The second-order valence-corrected chi connectivity index (χ2v) is 6.00. The first-order valence-electron chi connectivity index (χ1n) is 6.75. The highest BCUT2D eigenvalue weighted by Crippen LogP contribution is 2.35. The topological polar surface area (TPSA) is 53.2 Å². The maximum Gasteiger partial charge on any atom is 0.256 e. The fourth-order valence-electron chi connectivity index (χ4n) is 1.78. The summed E-state index contributed by atoms with van der Waals surface area (Å²) in [6, 6.07) is 19.5. The van der Waals surface area contributed by atoms with Crippen molar-refractivity contribution >= 4 is 35.0 Å². The maximum atomic E-state index is 12.5. The zero-order valence-corrected chi connectivity index (χ0v) is 13.7. The first-order valence-corrected chi connectivity index (χ1v) is 8.03. The van der Waals surface area contributed by atoms with E-state index in [-0.39, 0.29) is 11.2 Å². The van der Waals surface area contributed by atoms with Crippen LogP contribution in [0.25, 0.3) is 0 Å². The van der Waals surface area contributed by atoms with Gasteiger partial charge in [0.1, 0.15) is 5.25 Å². The summed E-state index contributed by atoms with van der Waals surface area (Å²) in [6.07, 6.45) is 0. The first-order chi connectivity index (χ1) is 10.7. The molecule has 0 aliphatic rings. The minimum atomic E-state index is -0.365. The Kier molecular flexibility index (Phi) is 6.24. The van der Waals surface area contributed by atoms with Gasteiger partial charge in [0, 0.05) is 11.9 Å². The summed E-state index contributed by atoms with van der Waals surface area (Å²) >= 11 is 6.46. The van der Waals surface area contributed by atoms with E-state index in [1.165, 1.54) is 11.8 Å². The van der Waals surface area contributed by atoms with Crippen LogP contribution >= 0.6 is 24.0 Å². The number of thiocarbonyl (C=S) groups is 1. The third-order valence-electron chi connectivity index (χ3n) is 2.86. The van der Waals surface area contributed by atoms with Gasteiger partial charge < -0.3 is 5.32 Å². The van der Waals surface area contributed by atoms with Gasteiger partial charge in [0.05, 0.1) is 0 Å². The highest BCUT2D eigenvalue weighted by molar-refractivity contribution is 8.00. The van der Waals surface area contributed by atoms with Crippen molar-refractivity contribution in [2.24, 2.45) is 0 Å². The van der Waals surface area contributed by atoms with Crippen LogP contribution < -0.4 is 16.2 Å². The van der Waals surface area contributed by atoms with Crippen molar-refractivity contribution in [2.75, 3.05) is 7.05 Å². The average molecular weight is 331 g/mol. The second-order valence-electron chi connectivity index (χ2n) is 4.42. The van der Waals surface area contributed by atoms with E-state index in [0.29, 0.717) is 5.11 Å². The molecule has 114 valence electrons. The molecular formula is C16H17N3OS2. The number of amides is 1. The van der Waals surface area contributed by atoms with Gasteiger partial charge in [-0.3, -0.25) is 15.6 Å². The van der Waals surface area contributed by atoms with Crippen molar-refractivity contribution in [3.63, 3.8) is 0 Å². The molecular weight excluding hydrogens is 314 g/mol. The number of hydrogen-bond donors (Lipinski definition) is 3. The molecule has 0 saturated carbocycles. The lowest BCUT2D eigenvalue weighted by Gasteiger charge is -2.18. The molecule has 3 N–H and O–H groups in total. The van der Waals surface area contributed by atoms with E-state index in [4.69, 9.17) is 12.2 Å². The van der Waals surface area contributed by atoms with Gasteiger partial charge >= 0.3 is 0 Å². The summed E-state index contributed by atoms with van der Waals surface area (Å²) in [5.74, 6) is -0.155. The van der Waals surface area contributed by atoms with Crippen molar-refractivity contribution in [2.45, 2.75) is 10.1 Å². The lowest BCUT2D eigenvalue weighted by molar-refractivity contribution is -0.121. The Labute approximate surface area is 139 Å². The zero-order valence-electron chi connectivity index (χ0n) is 12.1. The standard InChI is InChI=1S/C16H17N3OS2/c1-17-16(21)19-18-15(20)14(12-8-4-2-5-9-12)22-13-10-6-3-7-11-13/h2-11,14H,1H3,(H,18,20)(H2,17,19,21). The van der Waals surface area contributed by atoms with E-state index in [9.17, 15) is 4.79 Å². The minimum absolute atomic E-state index is 0.155. The Morgan fingerprint density at radius 2 is 1.59 bits per heavy atom. The van der Waals surface area contributed by atoms with Crippen molar-refractivity contribution in [1.82, 2.24) is 16.2 Å². The highest BCUT2D eigenvalue weighted by Gasteiger charge is 2.21. The SMILES string of the molecule is CNC(=S)NNC(=O)C(Sc1ccccc1)c1ccccc1. The van der Waals surface area contributed by atoms with Crippen molar-refractivity contribution in [3.8, 4) is 0 Å². The Bertz CT molecular complexity index is 620. The van der Waals surface area contributed by atoms with Gasteiger partial charge in [0.2, 0.25) is 0 Å². The average Bonchev–Trinajstić information content (AvgIpc) is 2.59. The van der Waals surface area contributed by atoms with E-state index in [1.807, 2.05) is 60.7 Å². The molecule has 22 heavy (non-hydrogen) atoms. The molecule has 0 saturated heterocycles. The summed E-state index contributed by atoms with van der Waals surface area (Å²) < 4.78 is 0. The largest absolute Gasteiger partial charge is 0.364 e. The first kappa shape index (κ1) is 16.3. The Hall–Kier alpha value is -2.05. The molecule has 0 fully saturated rings. The molecule has 0 aromatic heterocycles. The van der Waals surface area contributed by atoms with Crippen LogP contribution in [-0.2, 0) is 4.79 Å². The summed E-state index contributed by atoms with van der Waals surface area (Å²) in [7, 11) is 1.69. The number of thioether (sulfide) groups is 1. The van der Waals surface area contributed by atoms with Crippen molar-refractivity contribution in [1.29, 1.82) is 0 Å². The van der Waals surface area contributed by atoms with Crippen LogP contribution in [0.1, 0.15) is 10.8 Å². The van der Waals surface area contributed by atoms with Gasteiger partial charge in [-0.15, -0.1) is 11.8 Å². The van der Waals surface area contributed by atoms with Crippen LogP contribution in [0.15, 0.2) is 65.6 Å². The Morgan fingerprint density at radius 3 is 2.18 bits per heavy atom. The van der Waals surface area contributed by atoms with Crippen molar-refractivity contribution < 1.29 is 4.79 Å². The molecule has 2 rings (SSSR count). The zero-order chi connectivity index (χ0) is 15.8. The van der Waals surface area contributed by atoms with Gasteiger partial charge in [-0.05, 0) is 29.9 Å². The van der Waals surface area contributed by atoms with Crippen LogP contribution in [0, 0.1) is 0 Å². The summed E-state index contributed by atoms with van der Waals surface area (Å²) in [5, 5.41) is 2.75. The fourth-order valence-corrected chi connectivity index (χ4v) is 2.88. The van der Waals surface area contributed by atoms with E-state index in [2.05, 4.69) is 16.2 Å². The van der Waals surface area contributed by atoms with Gasteiger partial charge in [-0.2, -0.15) is 0 Å². The molecule has 2 aromatic carbocycles. The number of rotatable bonds is 4. The molecule has 0 heterocycles. The fraction of sp³-hybridized carbons (Fsp3) is 0.125. The third kappa shape index (κ3) is 4.75. The number of carbonyl (C=O) groups is 1. The predicted molar refractivity (Wildman–Crippen MR) is 94.4 cm³/mol. The molecule has 0 radical (unpaired) electrons. The van der Waals surface area contributed by atoms with Crippen LogP contribution in [-0.4, -0.2) is 18.1 Å². The number of benzene rings is 2. The smallest absolute Gasteiger partial charge is 0.256 e. The molecule has 1 amide bonds.